The van der Waals surface area contributed by atoms with E-state index in [1.165, 1.54) is 0 Å². The number of nitrogens with zero attached hydrogens (tertiary/aromatic N) is 2. The van der Waals surface area contributed by atoms with Crippen molar-refractivity contribution in [3.05, 3.63) is 78.2 Å². The van der Waals surface area contributed by atoms with Crippen LogP contribution in [-0.2, 0) is 6.54 Å². The fraction of sp³-hybridized carbons (Fsp3) is 0.105. The maximum absolute atomic E-state index is 12.2. The minimum absolute atomic E-state index is 0.0813. The van der Waals surface area contributed by atoms with E-state index < -0.39 is 0 Å². The van der Waals surface area contributed by atoms with Crippen molar-refractivity contribution in [1.82, 2.24) is 15.3 Å². The van der Waals surface area contributed by atoms with Gasteiger partial charge in [-0.2, -0.15) is 0 Å². The Balaban J connectivity index is 1.63. The summed E-state index contributed by atoms with van der Waals surface area (Å²) in [6.45, 7) is 0.447. The first kappa shape index (κ1) is 16.2. The van der Waals surface area contributed by atoms with Gasteiger partial charge in [-0.25, -0.2) is 0 Å². The molecule has 5 heteroatoms. The number of amides is 1. The van der Waals surface area contributed by atoms with E-state index in [0.717, 1.165) is 21.7 Å². The predicted octanol–water partition coefficient (Wildman–Crippen LogP) is 3.80. The first-order valence-corrected chi connectivity index (χ1v) is 8.76. The SMILES string of the molecule is CSc1cccc(C(=O)NCc2ccc(-c3cccnc3)nc2)c1. The number of thioether (sulfide) groups is 1. The molecule has 0 atom stereocenters. The predicted molar refractivity (Wildman–Crippen MR) is 96.9 cm³/mol. The zero-order valence-electron chi connectivity index (χ0n) is 13.3. The fourth-order valence-corrected chi connectivity index (χ4v) is 2.72. The molecule has 0 unspecified atom stereocenters. The number of aromatic nitrogens is 2. The third-order valence-electron chi connectivity index (χ3n) is 3.57. The average molecular weight is 335 g/mol. The lowest BCUT2D eigenvalue weighted by molar-refractivity contribution is 0.0950. The van der Waals surface area contributed by atoms with Crippen molar-refractivity contribution >= 4 is 17.7 Å². The highest BCUT2D eigenvalue weighted by atomic mass is 32.2. The fourth-order valence-electron chi connectivity index (χ4n) is 2.26. The molecule has 1 amide bonds. The number of carbonyl (C=O) groups is 1. The zero-order valence-corrected chi connectivity index (χ0v) is 14.1. The van der Waals surface area contributed by atoms with Crippen LogP contribution >= 0.6 is 11.8 Å². The van der Waals surface area contributed by atoms with Crippen LogP contribution in [0.15, 0.2) is 72.0 Å². The summed E-state index contributed by atoms with van der Waals surface area (Å²) in [6, 6.07) is 15.3. The van der Waals surface area contributed by atoms with Crippen molar-refractivity contribution in [2.45, 2.75) is 11.4 Å². The summed E-state index contributed by atoms with van der Waals surface area (Å²) in [5, 5.41) is 2.93. The number of benzene rings is 1. The molecule has 120 valence electrons. The smallest absolute Gasteiger partial charge is 0.251 e. The highest BCUT2D eigenvalue weighted by molar-refractivity contribution is 7.98. The third kappa shape index (κ3) is 4.00. The number of rotatable bonds is 5. The van der Waals surface area contributed by atoms with Crippen LogP contribution in [0.2, 0.25) is 0 Å². The first-order valence-electron chi connectivity index (χ1n) is 7.54. The Morgan fingerprint density at radius 3 is 2.75 bits per heavy atom. The van der Waals surface area contributed by atoms with Crippen molar-refractivity contribution in [3.63, 3.8) is 0 Å². The molecule has 0 spiro atoms. The lowest BCUT2D eigenvalue weighted by Crippen LogP contribution is -2.22. The Morgan fingerprint density at radius 1 is 1.12 bits per heavy atom. The molecule has 3 aromatic rings. The largest absolute Gasteiger partial charge is 0.348 e. The molecule has 3 rings (SSSR count). The molecule has 1 N–H and O–H groups in total. The molecule has 0 aliphatic carbocycles. The summed E-state index contributed by atoms with van der Waals surface area (Å²) in [5.41, 5.74) is 3.46. The Bertz CT molecular complexity index is 820. The lowest BCUT2D eigenvalue weighted by Gasteiger charge is -2.07. The van der Waals surface area contributed by atoms with Gasteiger partial charge >= 0.3 is 0 Å². The van der Waals surface area contributed by atoms with E-state index in [1.807, 2.05) is 54.8 Å². The van der Waals surface area contributed by atoms with Crippen molar-refractivity contribution in [2.24, 2.45) is 0 Å². The van der Waals surface area contributed by atoms with Gasteiger partial charge in [0.1, 0.15) is 0 Å². The number of carbonyl (C=O) groups excluding carboxylic acids is 1. The van der Waals surface area contributed by atoms with E-state index >= 15 is 0 Å². The highest BCUT2D eigenvalue weighted by Gasteiger charge is 2.06. The van der Waals surface area contributed by atoms with Crippen LogP contribution in [-0.4, -0.2) is 22.1 Å². The Kier molecular flexibility index (Phi) is 5.23. The topological polar surface area (TPSA) is 54.9 Å². The second-order valence-corrected chi connectivity index (χ2v) is 6.09. The van der Waals surface area contributed by atoms with Gasteiger partial charge in [0, 0.05) is 41.2 Å². The molecule has 0 fully saturated rings. The molecule has 0 saturated carbocycles. The normalized spacial score (nSPS) is 10.4. The molecule has 0 saturated heterocycles. The van der Waals surface area contributed by atoms with E-state index in [9.17, 15) is 4.79 Å². The quantitative estimate of drug-likeness (QED) is 0.721. The van der Waals surface area contributed by atoms with Gasteiger partial charge in [0.25, 0.3) is 5.91 Å². The Hall–Kier alpha value is -2.66. The molecule has 0 bridgehead atoms. The van der Waals surface area contributed by atoms with Crippen LogP contribution in [0.25, 0.3) is 11.3 Å². The van der Waals surface area contributed by atoms with Crippen molar-refractivity contribution < 1.29 is 4.79 Å². The summed E-state index contributed by atoms with van der Waals surface area (Å²) in [6.07, 6.45) is 7.29. The number of hydrogen-bond acceptors (Lipinski definition) is 4. The van der Waals surface area contributed by atoms with Gasteiger partial charge in [-0.3, -0.25) is 14.8 Å². The number of hydrogen-bond donors (Lipinski definition) is 1. The van der Waals surface area contributed by atoms with Crippen LogP contribution in [0.5, 0.6) is 0 Å². The van der Waals surface area contributed by atoms with E-state index in [-0.39, 0.29) is 5.91 Å². The minimum atomic E-state index is -0.0813. The molecule has 4 nitrogen and oxygen atoms in total. The van der Waals surface area contributed by atoms with Gasteiger partial charge in [-0.05, 0) is 48.2 Å². The summed E-state index contributed by atoms with van der Waals surface area (Å²) in [7, 11) is 0. The minimum Gasteiger partial charge on any atom is -0.348 e. The highest BCUT2D eigenvalue weighted by Crippen LogP contribution is 2.17. The van der Waals surface area contributed by atoms with E-state index in [1.54, 1.807) is 30.4 Å². The monoisotopic (exact) mass is 335 g/mol. The molecule has 0 radical (unpaired) electrons. The van der Waals surface area contributed by atoms with Crippen molar-refractivity contribution in [3.8, 4) is 11.3 Å². The maximum atomic E-state index is 12.2. The van der Waals surface area contributed by atoms with Crippen molar-refractivity contribution in [1.29, 1.82) is 0 Å². The first-order chi connectivity index (χ1) is 11.8. The maximum Gasteiger partial charge on any atom is 0.251 e. The van der Waals surface area contributed by atoms with E-state index in [2.05, 4.69) is 15.3 Å². The van der Waals surface area contributed by atoms with E-state index in [4.69, 9.17) is 0 Å². The summed E-state index contributed by atoms with van der Waals surface area (Å²) in [4.78, 5) is 21.8. The van der Waals surface area contributed by atoms with Gasteiger partial charge in [-0.1, -0.05) is 12.1 Å². The Labute approximate surface area is 145 Å². The third-order valence-corrected chi connectivity index (χ3v) is 4.29. The second-order valence-electron chi connectivity index (χ2n) is 5.21. The Morgan fingerprint density at radius 2 is 2.04 bits per heavy atom. The van der Waals surface area contributed by atoms with Gasteiger partial charge in [0.2, 0.25) is 0 Å². The van der Waals surface area contributed by atoms with Gasteiger partial charge < -0.3 is 5.32 Å². The molecule has 0 aliphatic heterocycles. The van der Waals surface area contributed by atoms with Crippen molar-refractivity contribution in [2.75, 3.05) is 6.26 Å². The molecule has 1 aromatic carbocycles. The van der Waals surface area contributed by atoms with Gasteiger partial charge in [0.05, 0.1) is 5.69 Å². The van der Waals surface area contributed by atoms with Gasteiger partial charge in [0.15, 0.2) is 0 Å². The van der Waals surface area contributed by atoms with Crippen LogP contribution < -0.4 is 5.32 Å². The zero-order chi connectivity index (χ0) is 16.8. The van der Waals surface area contributed by atoms with Gasteiger partial charge in [-0.15, -0.1) is 11.8 Å². The summed E-state index contributed by atoms with van der Waals surface area (Å²) < 4.78 is 0. The molecular formula is C19H17N3OS. The van der Waals surface area contributed by atoms with Crippen LogP contribution in [0.4, 0.5) is 0 Å². The number of nitrogens with one attached hydrogen (secondary N) is 1. The molecule has 0 aliphatic rings. The van der Waals surface area contributed by atoms with Crippen LogP contribution in [0, 0.1) is 0 Å². The standard InChI is InChI=1S/C19H17N3OS/c1-24-17-6-2-4-15(10-17)19(23)22-12-14-7-8-18(21-11-14)16-5-3-9-20-13-16/h2-11,13H,12H2,1H3,(H,22,23). The average Bonchev–Trinajstić information content (AvgIpc) is 2.67. The van der Waals surface area contributed by atoms with E-state index in [0.29, 0.717) is 12.1 Å². The van der Waals surface area contributed by atoms with Crippen LogP contribution in [0.1, 0.15) is 15.9 Å². The number of pyridine rings is 2. The summed E-state index contributed by atoms with van der Waals surface area (Å²) in [5.74, 6) is -0.0813. The molecule has 2 heterocycles. The second kappa shape index (κ2) is 7.75. The molecular weight excluding hydrogens is 318 g/mol. The van der Waals surface area contributed by atoms with Crippen LogP contribution in [0.3, 0.4) is 0 Å². The lowest BCUT2D eigenvalue weighted by atomic mass is 10.1. The molecule has 2 aromatic heterocycles. The summed E-state index contributed by atoms with van der Waals surface area (Å²) >= 11 is 1.62. The molecule has 24 heavy (non-hydrogen) atoms.